The van der Waals surface area contributed by atoms with Gasteiger partial charge in [0.25, 0.3) is 11.6 Å². The van der Waals surface area contributed by atoms with E-state index in [-0.39, 0.29) is 29.4 Å². The number of nitrogens with zero attached hydrogens (tertiary/aromatic N) is 1. The lowest BCUT2D eigenvalue weighted by atomic mass is 10.2. The molecule has 0 fully saturated rings. The molecule has 2 aromatic carbocycles. The first-order valence-corrected chi connectivity index (χ1v) is 7.07. The molecule has 2 rings (SSSR count). The van der Waals surface area contributed by atoms with Crippen molar-refractivity contribution in [1.29, 1.82) is 0 Å². The number of halogens is 2. The Bertz CT molecular complexity index is 740. The summed E-state index contributed by atoms with van der Waals surface area (Å²) in [5, 5.41) is 16.4. The first kappa shape index (κ1) is 16.7. The fraction of sp³-hybridized carbons (Fsp3) is 0.133. The van der Waals surface area contributed by atoms with Crippen molar-refractivity contribution in [2.75, 3.05) is 18.4 Å². The molecule has 2 N–H and O–H groups in total. The van der Waals surface area contributed by atoms with Gasteiger partial charge in [-0.15, -0.1) is 0 Å². The van der Waals surface area contributed by atoms with Crippen LogP contribution in [0, 0.1) is 15.9 Å². The van der Waals surface area contributed by atoms with Crippen LogP contribution in [0.25, 0.3) is 0 Å². The summed E-state index contributed by atoms with van der Waals surface area (Å²) in [6.07, 6.45) is 0. The summed E-state index contributed by atoms with van der Waals surface area (Å²) in [7, 11) is 0. The van der Waals surface area contributed by atoms with Gasteiger partial charge < -0.3 is 10.6 Å². The number of carbonyl (C=O) groups is 1. The average molecular weight is 338 g/mol. The fourth-order valence-electron chi connectivity index (χ4n) is 1.92. The van der Waals surface area contributed by atoms with Gasteiger partial charge in [0.2, 0.25) is 0 Å². The molecular formula is C15H13ClFN3O3. The molecule has 0 saturated carbocycles. The molecule has 2 aromatic rings. The average Bonchev–Trinajstić information content (AvgIpc) is 2.51. The second-order valence-corrected chi connectivity index (χ2v) is 5.02. The predicted octanol–water partition coefficient (Wildman–Crippen LogP) is 3.23. The maximum Gasteiger partial charge on any atom is 0.292 e. The Morgan fingerprint density at radius 2 is 1.96 bits per heavy atom. The van der Waals surface area contributed by atoms with Crippen LogP contribution in [0.2, 0.25) is 5.02 Å². The number of hydrogen-bond acceptors (Lipinski definition) is 4. The van der Waals surface area contributed by atoms with Crippen molar-refractivity contribution in [1.82, 2.24) is 5.32 Å². The minimum absolute atomic E-state index is 0.0532. The standard InChI is InChI=1S/C15H13ClFN3O3/c16-10-5-6-11(12(17)9-10)15(21)19-8-7-18-13-3-1-2-4-14(13)20(22)23/h1-6,9,18H,7-8H2,(H,19,21). The predicted molar refractivity (Wildman–Crippen MR) is 85.3 cm³/mol. The Balaban J connectivity index is 1.88. The molecule has 23 heavy (non-hydrogen) atoms. The van der Waals surface area contributed by atoms with Gasteiger partial charge in [-0.1, -0.05) is 23.7 Å². The minimum Gasteiger partial charge on any atom is -0.378 e. The minimum atomic E-state index is -0.707. The highest BCUT2D eigenvalue weighted by Crippen LogP contribution is 2.22. The first-order valence-electron chi connectivity index (χ1n) is 6.69. The van der Waals surface area contributed by atoms with Crippen LogP contribution < -0.4 is 10.6 Å². The van der Waals surface area contributed by atoms with E-state index in [4.69, 9.17) is 11.6 Å². The second-order valence-electron chi connectivity index (χ2n) is 4.58. The number of amides is 1. The molecule has 0 atom stereocenters. The van der Waals surface area contributed by atoms with Crippen molar-refractivity contribution >= 4 is 28.9 Å². The van der Waals surface area contributed by atoms with Crippen LogP contribution in [-0.4, -0.2) is 23.9 Å². The highest BCUT2D eigenvalue weighted by molar-refractivity contribution is 6.30. The van der Waals surface area contributed by atoms with E-state index >= 15 is 0 Å². The molecule has 0 unspecified atom stereocenters. The van der Waals surface area contributed by atoms with Crippen LogP contribution in [0.4, 0.5) is 15.8 Å². The van der Waals surface area contributed by atoms with Crippen molar-refractivity contribution in [3.05, 3.63) is 69.0 Å². The maximum absolute atomic E-state index is 13.6. The van der Waals surface area contributed by atoms with E-state index in [1.54, 1.807) is 18.2 Å². The molecule has 120 valence electrons. The normalized spacial score (nSPS) is 10.2. The molecule has 0 aliphatic heterocycles. The monoisotopic (exact) mass is 337 g/mol. The lowest BCUT2D eigenvalue weighted by molar-refractivity contribution is -0.384. The van der Waals surface area contributed by atoms with Crippen LogP contribution in [0.3, 0.4) is 0 Å². The van der Waals surface area contributed by atoms with E-state index in [1.807, 2.05) is 0 Å². The molecule has 0 heterocycles. The summed E-state index contributed by atoms with van der Waals surface area (Å²) in [5.74, 6) is -1.29. The summed E-state index contributed by atoms with van der Waals surface area (Å²) in [6, 6.07) is 9.95. The Morgan fingerprint density at radius 1 is 1.22 bits per heavy atom. The van der Waals surface area contributed by atoms with E-state index in [0.717, 1.165) is 6.07 Å². The summed E-state index contributed by atoms with van der Waals surface area (Å²) < 4.78 is 13.6. The van der Waals surface area contributed by atoms with E-state index in [9.17, 15) is 19.3 Å². The van der Waals surface area contributed by atoms with Crippen LogP contribution in [0.15, 0.2) is 42.5 Å². The molecule has 0 aromatic heterocycles. The fourth-order valence-corrected chi connectivity index (χ4v) is 2.08. The molecule has 1 amide bonds. The van der Waals surface area contributed by atoms with Gasteiger partial charge in [-0.2, -0.15) is 0 Å². The van der Waals surface area contributed by atoms with Crippen LogP contribution in [0.5, 0.6) is 0 Å². The summed E-state index contributed by atoms with van der Waals surface area (Å²) in [6.45, 7) is 0.429. The van der Waals surface area contributed by atoms with E-state index in [0.29, 0.717) is 5.69 Å². The third-order valence-corrected chi connectivity index (χ3v) is 3.24. The van der Waals surface area contributed by atoms with Crippen molar-refractivity contribution in [3.63, 3.8) is 0 Å². The Kier molecular flexibility index (Phi) is 5.48. The molecule has 0 saturated heterocycles. The number of anilines is 1. The number of benzene rings is 2. The first-order chi connectivity index (χ1) is 11.0. The zero-order valence-corrected chi connectivity index (χ0v) is 12.6. The van der Waals surface area contributed by atoms with Gasteiger partial charge in [-0.25, -0.2) is 4.39 Å². The smallest absolute Gasteiger partial charge is 0.292 e. The Labute approximate surface area is 136 Å². The number of nitro benzene ring substituents is 1. The topological polar surface area (TPSA) is 84.3 Å². The molecule has 0 radical (unpaired) electrons. The quantitative estimate of drug-likeness (QED) is 0.481. The largest absolute Gasteiger partial charge is 0.378 e. The number of rotatable bonds is 6. The third kappa shape index (κ3) is 4.40. The van der Waals surface area contributed by atoms with Crippen molar-refractivity contribution in [2.45, 2.75) is 0 Å². The molecular weight excluding hydrogens is 325 g/mol. The number of nitrogens with one attached hydrogen (secondary N) is 2. The van der Waals surface area contributed by atoms with Crippen molar-refractivity contribution in [3.8, 4) is 0 Å². The highest BCUT2D eigenvalue weighted by atomic mass is 35.5. The van der Waals surface area contributed by atoms with E-state index < -0.39 is 16.6 Å². The van der Waals surface area contributed by atoms with Gasteiger partial charge in [-0.3, -0.25) is 14.9 Å². The molecule has 0 aliphatic rings. The maximum atomic E-state index is 13.6. The second kappa shape index (κ2) is 7.55. The number of para-hydroxylation sites is 2. The van der Waals surface area contributed by atoms with Gasteiger partial charge in [-0.05, 0) is 24.3 Å². The molecule has 6 nitrogen and oxygen atoms in total. The zero-order valence-electron chi connectivity index (χ0n) is 11.9. The van der Waals surface area contributed by atoms with Crippen molar-refractivity contribution in [2.24, 2.45) is 0 Å². The Hall–Kier alpha value is -2.67. The summed E-state index contributed by atoms with van der Waals surface area (Å²) >= 11 is 5.62. The SMILES string of the molecule is O=C(NCCNc1ccccc1[N+](=O)[O-])c1ccc(Cl)cc1F. The van der Waals surface area contributed by atoms with Gasteiger partial charge in [0.1, 0.15) is 11.5 Å². The van der Waals surface area contributed by atoms with Gasteiger partial charge >= 0.3 is 0 Å². The summed E-state index contributed by atoms with van der Waals surface area (Å²) in [5.41, 5.74) is 0.187. The lowest BCUT2D eigenvalue weighted by Crippen LogP contribution is -2.29. The highest BCUT2D eigenvalue weighted by Gasteiger charge is 2.13. The van der Waals surface area contributed by atoms with Crippen LogP contribution >= 0.6 is 11.6 Å². The van der Waals surface area contributed by atoms with Crippen molar-refractivity contribution < 1.29 is 14.1 Å². The summed E-state index contributed by atoms with van der Waals surface area (Å²) in [4.78, 5) is 22.2. The molecule has 8 heteroatoms. The zero-order chi connectivity index (χ0) is 16.8. The van der Waals surface area contributed by atoms with Gasteiger partial charge in [0.05, 0.1) is 10.5 Å². The lowest BCUT2D eigenvalue weighted by Gasteiger charge is -2.09. The van der Waals surface area contributed by atoms with Gasteiger partial charge in [0, 0.05) is 24.2 Å². The van der Waals surface area contributed by atoms with E-state index in [1.165, 1.54) is 18.2 Å². The number of nitro groups is 1. The molecule has 0 aliphatic carbocycles. The van der Waals surface area contributed by atoms with E-state index in [2.05, 4.69) is 10.6 Å². The third-order valence-electron chi connectivity index (χ3n) is 3.00. The Morgan fingerprint density at radius 3 is 2.65 bits per heavy atom. The molecule has 0 bridgehead atoms. The van der Waals surface area contributed by atoms with Gasteiger partial charge in [0.15, 0.2) is 0 Å². The number of hydrogen-bond donors (Lipinski definition) is 2. The molecule has 0 spiro atoms. The van der Waals surface area contributed by atoms with Crippen LogP contribution in [0.1, 0.15) is 10.4 Å². The van der Waals surface area contributed by atoms with Crippen LogP contribution in [-0.2, 0) is 0 Å². The number of carbonyl (C=O) groups excluding carboxylic acids is 1.